The highest BCUT2D eigenvalue weighted by Crippen LogP contribution is 2.34. The maximum Gasteiger partial charge on any atom is 0.123 e. The Morgan fingerprint density at radius 3 is 2.60 bits per heavy atom. The van der Waals surface area contributed by atoms with Crippen LogP contribution in [-0.2, 0) is 6.42 Å². The standard InChI is InChI=1S/C17H26FNO/c1-16(2,3)19-11-17(4,5)10-14-9-12-8-13(18)6-7-15(12)20-14/h6-8,14,19H,9-11H2,1-5H3. The molecule has 112 valence electrons. The predicted molar refractivity (Wildman–Crippen MR) is 80.7 cm³/mol. The van der Waals surface area contributed by atoms with Gasteiger partial charge in [-0.2, -0.15) is 0 Å². The smallest absolute Gasteiger partial charge is 0.123 e. The first kappa shape index (κ1) is 15.3. The van der Waals surface area contributed by atoms with Crippen molar-refractivity contribution in [1.82, 2.24) is 5.32 Å². The van der Waals surface area contributed by atoms with Gasteiger partial charge in [0.1, 0.15) is 17.7 Å². The molecule has 1 unspecified atom stereocenters. The fourth-order valence-corrected chi connectivity index (χ4v) is 2.60. The molecule has 1 heterocycles. The van der Waals surface area contributed by atoms with Crippen LogP contribution in [0.2, 0.25) is 0 Å². The molecule has 0 spiro atoms. The van der Waals surface area contributed by atoms with E-state index in [9.17, 15) is 4.39 Å². The first-order valence-electron chi connectivity index (χ1n) is 7.35. The van der Waals surface area contributed by atoms with E-state index in [1.165, 1.54) is 6.07 Å². The molecule has 0 aromatic heterocycles. The van der Waals surface area contributed by atoms with Gasteiger partial charge in [0, 0.05) is 24.1 Å². The van der Waals surface area contributed by atoms with Gasteiger partial charge in [0.05, 0.1) is 0 Å². The second-order valence-electron chi connectivity index (χ2n) is 7.67. The van der Waals surface area contributed by atoms with Crippen molar-refractivity contribution in [3.8, 4) is 5.75 Å². The van der Waals surface area contributed by atoms with Gasteiger partial charge in [0.2, 0.25) is 0 Å². The van der Waals surface area contributed by atoms with Gasteiger partial charge >= 0.3 is 0 Å². The molecule has 0 bridgehead atoms. The molecule has 2 rings (SSSR count). The van der Waals surface area contributed by atoms with Crippen molar-refractivity contribution < 1.29 is 9.13 Å². The Kier molecular flexibility index (Phi) is 4.10. The second-order valence-corrected chi connectivity index (χ2v) is 7.67. The van der Waals surface area contributed by atoms with E-state index in [1.54, 1.807) is 12.1 Å². The van der Waals surface area contributed by atoms with Crippen LogP contribution in [0.4, 0.5) is 4.39 Å². The molecule has 1 aromatic carbocycles. The quantitative estimate of drug-likeness (QED) is 0.901. The summed E-state index contributed by atoms with van der Waals surface area (Å²) < 4.78 is 19.1. The molecule has 0 amide bonds. The van der Waals surface area contributed by atoms with Gasteiger partial charge in [0.25, 0.3) is 0 Å². The molecule has 20 heavy (non-hydrogen) atoms. The summed E-state index contributed by atoms with van der Waals surface area (Å²) >= 11 is 0. The molecule has 0 radical (unpaired) electrons. The monoisotopic (exact) mass is 279 g/mol. The van der Waals surface area contributed by atoms with E-state index in [1.807, 2.05) is 0 Å². The van der Waals surface area contributed by atoms with Crippen LogP contribution in [0, 0.1) is 11.2 Å². The fraction of sp³-hybridized carbons (Fsp3) is 0.647. The average molecular weight is 279 g/mol. The Labute approximate surface area is 121 Å². The van der Waals surface area contributed by atoms with Crippen molar-refractivity contribution in [1.29, 1.82) is 0 Å². The molecule has 0 saturated carbocycles. The van der Waals surface area contributed by atoms with Crippen LogP contribution in [0.1, 0.15) is 46.6 Å². The minimum Gasteiger partial charge on any atom is -0.490 e. The van der Waals surface area contributed by atoms with Crippen LogP contribution in [0.15, 0.2) is 18.2 Å². The Balaban J connectivity index is 1.92. The van der Waals surface area contributed by atoms with Gasteiger partial charge in [-0.25, -0.2) is 4.39 Å². The number of fused-ring (bicyclic) bond motifs is 1. The predicted octanol–water partition coefficient (Wildman–Crippen LogP) is 3.93. The molecule has 1 N–H and O–H groups in total. The van der Waals surface area contributed by atoms with Gasteiger partial charge < -0.3 is 10.1 Å². The number of halogens is 1. The van der Waals surface area contributed by atoms with E-state index in [0.717, 1.165) is 30.7 Å². The SMILES string of the molecule is CC(C)(CNC(C)(C)C)CC1Cc2cc(F)ccc2O1. The molecule has 1 aliphatic heterocycles. The largest absolute Gasteiger partial charge is 0.490 e. The summed E-state index contributed by atoms with van der Waals surface area (Å²) in [4.78, 5) is 0. The molecule has 0 aliphatic carbocycles. The summed E-state index contributed by atoms with van der Waals surface area (Å²) in [5.74, 6) is 0.664. The highest BCUT2D eigenvalue weighted by molar-refractivity contribution is 5.37. The molecule has 1 atom stereocenters. The van der Waals surface area contributed by atoms with E-state index >= 15 is 0 Å². The summed E-state index contributed by atoms with van der Waals surface area (Å²) in [6, 6.07) is 4.80. The normalized spacial score (nSPS) is 18.8. The summed E-state index contributed by atoms with van der Waals surface area (Å²) in [7, 11) is 0. The number of benzene rings is 1. The lowest BCUT2D eigenvalue weighted by molar-refractivity contribution is 0.148. The lowest BCUT2D eigenvalue weighted by atomic mass is 9.84. The zero-order chi connectivity index (χ0) is 15.0. The van der Waals surface area contributed by atoms with Gasteiger partial charge in [-0.1, -0.05) is 13.8 Å². The van der Waals surface area contributed by atoms with E-state index in [0.29, 0.717) is 0 Å². The summed E-state index contributed by atoms with van der Waals surface area (Å²) in [6.45, 7) is 12.0. The summed E-state index contributed by atoms with van der Waals surface area (Å²) in [6.07, 6.45) is 1.93. The van der Waals surface area contributed by atoms with Crippen molar-refractivity contribution in [2.75, 3.05) is 6.54 Å². The first-order valence-corrected chi connectivity index (χ1v) is 7.35. The third-order valence-corrected chi connectivity index (χ3v) is 3.64. The maximum atomic E-state index is 13.2. The minimum atomic E-state index is -0.179. The summed E-state index contributed by atoms with van der Waals surface area (Å²) in [5, 5.41) is 3.55. The third-order valence-electron chi connectivity index (χ3n) is 3.64. The fourth-order valence-electron chi connectivity index (χ4n) is 2.60. The second kappa shape index (κ2) is 5.36. The Morgan fingerprint density at radius 1 is 1.25 bits per heavy atom. The molecule has 0 fully saturated rings. The van der Waals surface area contributed by atoms with Crippen LogP contribution < -0.4 is 10.1 Å². The Bertz CT molecular complexity index is 476. The van der Waals surface area contributed by atoms with Gasteiger partial charge in [-0.15, -0.1) is 0 Å². The van der Waals surface area contributed by atoms with Crippen molar-refractivity contribution in [2.45, 2.75) is 59.1 Å². The lowest BCUT2D eigenvalue weighted by Gasteiger charge is -2.32. The van der Waals surface area contributed by atoms with Crippen LogP contribution in [-0.4, -0.2) is 18.2 Å². The van der Waals surface area contributed by atoms with Crippen molar-refractivity contribution in [3.63, 3.8) is 0 Å². The Hall–Kier alpha value is -1.09. The molecule has 3 heteroatoms. The highest BCUT2D eigenvalue weighted by atomic mass is 19.1. The van der Waals surface area contributed by atoms with E-state index < -0.39 is 0 Å². The zero-order valence-corrected chi connectivity index (χ0v) is 13.2. The molecule has 1 aliphatic rings. The van der Waals surface area contributed by atoms with Crippen LogP contribution in [0.25, 0.3) is 0 Å². The van der Waals surface area contributed by atoms with Crippen LogP contribution >= 0.6 is 0 Å². The van der Waals surface area contributed by atoms with Crippen molar-refractivity contribution in [3.05, 3.63) is 29.6 Å². The Morgan fingerprint density at radius 2 is 1.95 bits per heavy atom. The number of hydrogen-bond donors (Lipinski definition) is 1. The van der Waals surface area contributed by atoms with Gasteiger partial charge in [-0.3, -0.25) is 0 Å². The maximum absolute atomic E-state index is 13.2. The number of rotatable bonds is 4. The van der Waals surface area contributed by atoms with E-state index in [4.69, 9.17) is 4.74 Å². The van der Waals surface area contributed by atoms with Crippen molar-refractivity contribution in [2.24, 2.45) is 5.41 Å². The molecule has 0 saturated heterocycles. The molecular formula is C17H26FNO. The molecule has 1 aromatic rings. The highest BCUT2D eigenvalue weighted by Gasteiger charge is 2.30. The number of nitrogens with one attached hydrogen (secondary N) is 1. The topological polar surface area (TPSA) is 21.3 Å². The summed E-state index contributed by atoms with van der Waals surface area (Å²) in [5.41, 5.74) is 1.27. The van der Waals surface area contributed by atoms with Crippen molar-refractivity contribution >= 4 is 0 Å². The molecule has 2 nitrogen and oxygen atoms in total. The lowest BCUT2D eigenvalue weighted by Crippen LogP contribution is -2.43. The van der Waals surface area contributed by atoms with Gasteiger partial charge in [0.15, 0.2) is 0 Å². The number of hydrogen-bond acceptors (Lipinski definition) is 2. The van der Waals surface area contributed by atoms with Crippen LogP contribution in [0.3, 0.4) is 0 Å². The average Bonchev–Trinajstić information content (AvgIpc) is 2.66. The van der Waals surface area contributed by atoms with Gasteiger partial charge in [-0.05, 0) is 50.8 Å². The van der Waals surface area contributed by atoms with E-state index in [2.05, 4.69) is 39.9 Å². The van der Waals surface area contributed by atoms with Crippen LogP contribution in [0.5, 0.6) is 5.75 Å². The minimum absolute atomic E-state index is 0.125. The molecular weight excluding hydrogens is 253 g/mol. The first-order chi connectivity index (χ1) is 9.15. The number of ether oxygens (including phenoxy) is 1. The third kappa shape index (κ3) is 4.20. The van der Waals surface area contributed by atoms with E-state index in [-0.39, 0.29) is 22.9 Å². The zero-order valence-electron chi connectivity index (χ0n) is 13.2.